The van der Waals surface area contributed by atoms with Crippen molar-refractivity contribution >= 4 is 5.91 Å². The molecule has 0 saturated carbocycles. The summed E-state index contributed by atoms with van der Waals surface area (Å²) in [5.41, 5.74) is 0. The van der Waals surface area contributed by atoms with Crippen molar-refractivity contribution in [1.29, 1.82) is 5.26 Å². The van der Waals surface area contributed by atoms with Crippen molar-refractivity contribution < 1.29 is 4.79 Å². The molecule has 0 aliphatic carbocycles. The van der Waals surface area contributed by atoms with Crippen LogP contribution in [0.15, 0.2) is 12.4 Å². The molecule has 90 valence electrons. The molecule has 1 amide bonds. The molecule has 1 unspecified atom stereocenters. The van der Waals surface area contributed by atoms with Crippen LogP contribution >= 0.6 is 0 Å². The van der Waals surface area contributed by atoms with Crippen LogP contribution in [0.4, 0.5) is 0 Å². The average Bonchev–Trinajstić information content (AvgIpc) is 2.82. The standard InChI is InChI=1S/C12H16N4O/c1-2-3-10(8-13)12(17)16-7-6-15-5-4-14-11(15)9-16/h4-5,10H,2-3,6-7,9H2,1H3. The fraction of sp³-hybridized carbons (Fsp3) is 0.583. The van der Waals surface area contributed by atoms with Gasteiger partial charge in [0.15, 0.2) is 0 Å². The van der Waals surface area contributed by atoms with Crippen LogP contribution in [0.3, 0.4) is 0 Å². The van der Waals surface area contributed by atoms with Crippen LogP contribution in [-0.4, -0.2) is 26.9 Å². The molecule has 1 aromatic rings. The molecule has 5 heteroatoms. The van der Waals surface area contributed by atoms with Crippen LogP contribution in [0, 0.1) is 17.2 Å². The molecule has 2 rings (SSSR count). The normalized spacial score (nSPS) is 16.1. The topological polar surface area (TPSA) is 61.9 Å². The van der Waals surface area contributed by atoms with Gasteiger partial charge in [-0.3, -0.25) is 4.79 Å². The Labute approximate surface area is 101 Å². The Kier molecular flexibility index (Phi) is 3.43. The number of rotatable bonds is 3. The lowest BCUT2D eigenvalue weighted by atomic mass is 10.0. The van der Waals surface area contributed by atoms with Gasteiger partial charge in [0, 0.05) is 25.5 Å². The van der Waals surface area contributed by atoms with E-state index in [9.17, 15) is 4.79 Å². The van der Waals surface area contributed by atoms with E-state index < -0.39 is 5.92 Å². The lowest BCUT2D eigenvalue weighted by Crippen LogP contribution is -2.41. The summed E-state index contributed by atoms with van der Waals surface area (Å²) in [6, 6.07) is 2.10. The van der Waals surface area contributed by atoms with E-state index in [0.717, 1.165) is 18.8 Å². The summed E-state index contributed by atoms with van der Waals surface area (Å²) < 4.78 is 2.05. The molecule has 1 aromatic heterocycles. The maximum absolute atomic E-state index is 12.1. The van der Waals surface area contributed by atoms with E-state index in [1.165, 1.54) is 0 Å². The molecular weight excluding hydrogens is 216 g/mol. The second-order valence-corrected chi connectivity index (χ2v) is 4.27. The van der Waals surface area contributed by atoms with Gasteiger partial charge in [0.2, 0.25) is 5.91 Å². The van der Waals surface area contributed by atoms with Gasteiger partial charge in [-0.2, -0.15) is 5.26 Å². The van der Waals surface area contributed by atoms with Crippen LogP contribution < -0.4 is 0 Å². The van der Waals surface area contributed by atoms with Crippen LogP contribution in [0.1, 0.15) is 25.6 Å². The first-order chi connectivity index (χ1) is 8.26. The summed E-state index contributed by atoms with van der Waals surface area (Å²) in [5.74, 6) is 0.350. The van der Waals surface area contributed by atoms with Gasteiger partial charge in [0.1, 0.15) is 11.7 Å². The Bertz CT molecular complexity index is 446. The fourth-order valence-corrected chi connectivity index (χ4v) is 2.11. The second-order valence-electron chi connectivity index (χ2n) is 4.27. The molecule has 0 aromatic carbocycles. The maximum Gasteiger partial charge on any atom is 0.240 e. The zero-order valence-corrected chi connectivity index (χ0v) is 9.96. The van der Waals surface area contributed by atoms with Gasteiger partial charge >= 0.3 is 0 Å². The van der Waals surface area contributed by atoms with Gasteiger partial charge in [-0.15, -0.1) is 0 Å². The molecule has 0 saturated heterocycles. The molecular formula is C12H16N4O. The number of carbonyl (C=O) groups is 1. The second kappa shape index (κ2) is 5.00. The van der Waals surface area contributed by atoms with E-state index in [4.69, 9.17) is 5.26 Å². The van der Waals surface area contributed by atoms with Gasteiger partial charge in [-0.1, -0.05) is 13.3 Å². The van der Waals surface area contributed by atoms with Crippen molar-refractivity contribution in [1.82, 2.24) is 14.5 Å². The third-order valence-corrected chi connectivity index (χ3v) is 3.09. The first-order valence-electron chi connectivity index (χ1n) is 5.94. The lowest BCUT2D eigenvalue weighted by molar-refractivity contribution is -0.135. The summed E-state index contributed by atoms with van der Waals surface area (Å²) in [6.45, 7) is 3.95. The molecule has 0 fully saturated rings. The number of hydrogen-bond donors (Lipinski definition) is 0. The number of amides is 1. The highest BCUT2D eigenvalue weighted by atomic mass is 16.2. The van der Waals surface area contributed by atoms with E-state index in [1.54, 1.807) is 11.1 Å². The summed E-state index contributed by atoms with van der Waals surface area (Å²) in [7, 11) is 0. The van der Waals surface area contributed by atoms with Crippen molar-refractivity contribution in [2.75, 3.05) is 6.54 Å². The van der Waals surface area contributed by atoms with Crippen molar-refractivity contribution in [3.8, 4) is 6.07 Å². The summed E-state index contributed by atoms with van der Waals surface area (Å²) in [4.78, 5) is 18.1. The quantitative estimate of drug-likeness (QED) is 0.785. The summed E-state index contributed by atoms with van der Waals surface area (Å²) in [5, 5.41) is 9.00. The van der Waals surface area contributed by atoms with Gasteiger partial charge in [-0.25, -0.2) is 4.98 Å². The number of imidazole rings is 1. The molecule has 0 radical (unpaired) electrons. The predicted molar refractivity (Wildman–Crippen MR) is 61.7 cm³/mol. The Morgan fingerprint density at radius 2 is 2.47 bits per heavy atom. The van der Waals surface area contributed by atoms with Crippen LogP contribution in [0.2, 0.25) is 0 Å². The van der Waals surface area contributed by atoms with Crippen LogP contribution in [-0.2, 0) is 17.9 Å². The van der Waals surface area contributed by atoms with E-state index in [-0.39, 0.29) is 5.91 Å². The van der Waals surface area contributed by atoms with Crippen molar-refractivity contribution in [2.24, 2.45) is 5.92 Å². The smallest absolute Gasteiger partial charge is 0.240 e. The van der Waals surface area contributed by atoms with E-state index >= 15 is 0 Å². The molecule has 0 N–H and O–H groups in total. The SMILES string of the molecule is CCCC(C#N)C(=O)N1CCn2ccnc2C1. The zero-order chi connectivity index (χ0) is 12.3. The number of fused-ring (bicyclic) bond motifs is 1. The van der Waals surface area contributed by atoms with Crippen molar-refractivity contribution in [2.45, 2.75) is 32.9 Å². The van der Waals surface area contributed by atoms with Gasteiger partial charge < -0.3 is 9.47 Å². The Morgan fingerprint density at radius 3 is 3.18 bits per heavy atom. The molecule has 0 spiro atoms. The summed E-state index contributed by atoms with van der Waals surface area (Å²) in [6.07, 6.45) is 5.16. The Hall–Kier alpha value is -1.83. The minimum Gasteiger partial charge on any atom is -0.332 e. The van der Waals surface area contributed by atoms with Gasteiger partial charge in [-0.05, 0) is 6.42 Å². The maximum atomic E-state index is 12.1. The average molecular weight is 232 g/mol. The highest BCUT2D eigenvalue weighted by Crippen LogP contribution is 2.15. The van der Waals surface area contributed by atoms with Gasteiger partial charge in [0.25, 0.3) is 0 Å². The third kappa shape index (κ3) is 2.31. The highest BCUT2D eigenvalue weighted by Gasteiger charge is 2.26. The number of aromatic nitrogens is 2. The summed E-state index contributed by atoms with van der Waals surface area (Å²) >= 11 is 0. The molecule has 1 aliphatic heterocycles. The fourth-order valence-electron chi connectivity index (χ4n) is 2.11. The minimum absolute atomic E-state index is 0.0522. The molecule has 1 aliphatic rings. The number of carbonyl (C=O) groups excluding carboxylic acids is 1. The van der Waals surface area contributed by atoms with Crippen molar-refractivity contribution in [3.63, 3.8) is 0 Å². The molecule has 17 heavy (non-hydrogen) atoms. The van der Waals surface area contributed by atoms with Crippen molar-refractivity contribution in [3.05, 3.63) is 18.2 Å². The highest BCUT2D eigenvalue weighted by molar-refractivity contribution is 5.81. The predicted octanol–water partition coefficient (Wildman–Crippen LogP) is 1.17. The first kappa shape index (κ1) is 11.6. The number of hydrogen-bond acceptors (Lipinski definition) is 3. The molecule has 2 heterocycles. The van der Waals surface area contributed by atoms with Crippen LogP contribution in [0.5, 0.6) is 0 Å². The zero-order valence-electron chi connectivity index (χ0n) is 9.96. The molecule has 0 bridgehead atoms. The molecule has 1 atom stereocenters. The minimum atomic E-state index is -0.499. The number of nitrogens with zero attached hydrogens (tertiary/aromatic N) is 4. The van der Waals surface area contributed by atoms with E-state index in [0.29, 0.717) is 19.5 Å². The molecule has 5 nitrogen and oxygen atoms in total. The number of nitriles is 1. The van der Waals surface area contributed by atoms with Gasteiger partial charge in [0.05, 0.1) is 12.6 Å². The Balaban J connectivity index is 2.05. The first-order valence-corrected chi connectivity index (χ1v) is 5.94. The third-order valence-electron chi connectivity index (χ3n) is 3.09. The lowest BCUT2D eigenvalue weighted by Gasteiger charge is -2.29. The van der Waals surface area contributed by atoms with Crippen LogP contribution in [0.25, 0.3) is 0 Å². The van der Waals surface area contributed by atoms with E-state index in [1.807, 2.05) is 17.7 Å². The Morgan fingerprint density at radius 1 is 1.65 bits per heavy atom. The van der Waals surface area contributed by atoms with E-state index in [2.05, 4.69) is 11.1 Å². The largest absolute Gasteiger partial charge is 0.332 e. The monoisotopic (exact) mass is 232 g/mol.